The predicted octanol–water partition coefficient (Wildman–Crippen LogP) is 6.24. The molecule has 1 saturated heterocycles. The maximum Gasteiger partial charge on any atom is 0.319 e. The zero-order valence-corrected chi connectivity index (χ0v) is 29.3. The van der Waals surface area contributed by atoms with Gasteiger partial charge in [-0.15, -0.1) is 0 Å². The van der Waals surface area contributed by atoms with Crippen LogP contribution in [0.1, 0.15) is 122 Å². The Balaban J connectivity index is 1.79. The van der Waals surface area contributed by atoms with Gasteiger partial charge in [-0.25, -0.2) is 0 Å². The highest BCUT2D eigenvalue weighted by Crippen LogP contribution is 2.13. The van der Waals surface area contributed by atoms with Gasteiger partial charge in [-0.3, -0.25) is 4.55 Å². The molecule has 0 atom stereocenters. The zero-order valence-electron chi connectivity index (χ0n) is 26.9. The second-order valence-corrected chi connectivity index (χ2v) is 15.8. The van der Waals surface area contributed by atoms with E-state index in [9.17, 15) is 8.42 Å². The van der Waals surface area contributed by atoms with Gasteiger partial charge in [0.15, 0.2) is 5.11 Å². The van der Waals surface area contributed by atoms with Crippen molar-refractivity contribution in [1.82, 2.24) is 25.8 Å². The second kappa shape index (κ2) is 28.3. The number of unbranched alkanes of at least 4 members (excludes halogenated alkanes) is 15. The number of nitrogens with one attached hydrogen (secondary N) is 3. The summed E-state index contributed by atoms with van der Waals surface area (Å²) in [5.74, 6) is 0.368. The van der Waals surface area contributed by atoms with Crippen LogP contribution in [0.5, 0.6) is 0 Å². The lowest BCUT2D eigenvalue weighted by atomic mass is 10.0. The summed E-state index contributed by atoms with van der Waals surface area (Å²) >= 11 is 5.45. The van der Waals surface area contributed by atoms with Gasteiger partial charge in [0.2, 0.25) is 0 Å². The first-order valence-electron chi connectivity index (χ1n) is 17.2. The van der Waals surface area contributed by atoms with Crippen molar-refractivity contribution in [3.63, 3.8) is 0 Å². The normalized spacial score (nSPS) is 14.8. The first-order valence-corrected chi connectivity index (χ1v) is 20.5. The van der Waals surface area contributed by atoms with Gasteiger partial charge >= 0.3 is 9.15 Å². The zero-order chi connectivity index (χ0) is 30.6. The number of piperazine rings is 1. The molecule has 1 fully saturated rings. The van der Waals surface area contributed by atoms with E-state index in [1.54, 1.807) is 0 Å². The third-order valence-corrected chi connectivity index (χ3v) is 10.4. The summed E-state index contributed by atoms with van der Waals surface area (Å²) < 4.78 is 30.0. The van der Waals surface area contributed by atoms with Gasteiger partial charge in [0, 0.05) is 51.6 Å². The molecule has 0 aromatic carbocycles. The lowest BCUT2D eigenvalue weighted by Crippen LogP contribution is -2.47. The van der Waals surface area contributed by atoms with Gasteiger partial charge in [-0.05, 0) is 61.9 Å². The van der Waals surface area contributed by atoms with Crippen LogP contribution in [-0.2, 0) is 9.15 Å². The second-order valence-electron chi connectivity index (χ2n) is 11.9. The molecule has 1 heterocycles. The standard InChI is InChI=1S/C31H65N5O3S3/c1-2-3-4-5-6-7-8-9-10-11-12-13-14-15-16-17-21-33-31(40)34-22-19-25-36-28-26-35(27-29-36)24-18-20-32-23-30-41-42(37,38)39/h32H,2-30H2,1H3,(H2,33,34,40)(H,37,38,39). The fourth-order valence-electron chi connectivity index (χ4n) is 5.45. The molecule has 0 spiro atoms. The van der Waals surface area contributed by atoms with Gasteiger partial charge in [0.05, 0.1) is 0 Å². The molecule has 0 amide bonds. The summed E-state index contributed by atoms with van der Waals surface area (Å²) in [5, 5.41) is 10.8. The minimum atomic E-state index is -3.92. The van der Waals surface area contributed by atoms with Crippen molar-refractivity contribution in [2.75, 3.05) is 71.2 Å². The lowest BCUT2D eigenvalue weighted by molar-refractivity contribution is 0.130. The summed E-state index contributed by atoms with van der Waals surface area (Å²) in [5.41, 5.74) is 0. The minimum Gasteiger partial charge on any atom is -0.363 e. The van der Waals surface area contributed by atoms with Gasteiger partial charge in [0.25, 0.3) is 0 Å². The van der Waals surface area contributed by atoms with E-state index in [4.69, 9.17) is 16.8 Å². The highest BCUT2D eigenvalue weighted by molar-refractivity contribution is 8.69. The summed E-state index contributed by atoms with van der Waals surface area (Å²) in [7, 11) is -3.34. The predicted molar refractivity (Wildman–Crippen MR) is 187 cm³/mol. The number of nitrogens with zero attached hydrogens (tertiary/aromatic N) is 2. The molecule has 1 rings (SSSR count). The Kier molecular flexibility index (Phi) is 26.9. The fraction of sp³-hybridized carbons (Fsp3) is 0.968. The summed E-state index contributed by atoms with van der Waals surface area (Å²) in [6, 6.07) is 0. The summed E-state index contributed by atoms with van der Waals surface area (Å²) in [4.78, 5) is 5.04. The molecule has 0 unspecified atom stereocenters. The van der Waals surface area contributed by atoms with Crippen LogP contribution >= 0.6 is 23.0 Å². The van der Waals surface area contributed by atoms with Crippen LogP contribution in [0.3, 0.4) is 0 Å². The third kappa shape index (κ3) is 27.4. The first-order chi connectivity index (χ1) is 20.4. The molecule has 0 bridgehead atoms. The van der Waals surface area contributed by atoms with Crippen LogP contribution in [0, 0.1) is 0 Å². The Labute approximate surface area is 268 Å². The highest BCUT2D eigenvalue weighted by Gasteiger charge is 2.15. The first kappa shape index (κ1) is 39.9. The van der Waals surface area contributed by atoms with E-state index in [1.165, 1.54) is 103 Å². The van der Waals surface area contributed by atoms with Crippen LogP contribution in [-0.4, -0.2) is 99.1 Å². The SMILES string of the molecule is CCCCCCCCCCCCCCCCCCNC(=S)NCCCN1CCN(CCCNCCSS(=O)(=O)O)CC1. The van der Waals surface area contributed by atoms with Crippen molar-refractivity contribution in [2.24, 2.45) is 0 Å². The quantitative estimate of drug-likeness (QED) is 0.0322. The number of hydrogen-bond acceptors (Lipinski definition) is 7. The molecular formula is C31H65N5O3S3. The molecule has 42 heavy (non-hydrogen) atoms. The molecule has 1 aliphatic rings. The van der Waals surface area contributed by atoms with Gasteiger partial charge < -0.3 is 25.8 Å². The highest BCUT2D eigenvalue weighted by atomic mass is 33.1. The molecule has 0 aliphatic carbocycles. The minimum absolute atomic E-state index is 0.368. The van der Waals surface area contributed by atoms with Crippen LogP contribution in [0.2, 0.25) is 0 Å². The van der Waals surface area contributed by atoms with E-state index in [-0.39, 0.29) is 0 Å². The maximum atomic E-state index is 10.7. The smallest absolute Gasteiger partial charge is 0.319 e. The molecule has 0 saturated carbocycles. The van der Waals surface area contributed by atoms with Crippen LogP contribution in [0.25, 0.3) is 0 Å². The van der Waals surface area contributed by atoms with Crippen molar-refractivity contribution >= 4 is 37.3 Å². The molecule has 0 aromatic heterocycles. The molecule has 1 aliphatic heterocycles. The van der Waals surface area contributed by atoms with E-state index in [0.717, 1.165) is 76.9 Å². The monoisotopic (exact) mass is 651 g/mol. The Morgan fingerprint density at radius 1 is 0.643 bits per heavy atom. The van der Waals surface area contributed by atoms with Gasteiger partial charge in [0.1, 0.15) is 0 Å². The molecule has 8 nitrogen and oxygen atoms in total. The van der Waals surface area contributed by atoms with Crippen molar-refractivity contribution in [3.8, 4) is 0 Å². The molecule has 0 aromatic rings. The number of rotatable bonds is 29. The van der Waals surface area contributed by atoms with E-state index >= 15 is 0 Å². The Morgan fingerprint density at radius 3 is 1.50 bits per heavy atom. The molecule has 4 N–H and O–H groups in total. The van der Waals surface area contributed by atoms with Crippen LogP contribution in [0.4, 0.5) is 0 Å². The fourth-order valence-corrected chi connectivity index (χ4v) is 6.97. The van der Waals surface area contributed by atoms with E-state index in [1.807, 2.05) is 0 Å². The van der Waals surface area contributed by atoms with E-state index in [2.05, 4.69) is 32.7 Å². The average Bonchev–Trinajstić information content (AvgIpc) is 2.96. The van der Waals surface area contributed by atoms with Crippen molar-refractivity contribution in [3.05, 3.63) is 0 Å². The van der Waals surface area contributed by atoms with Crippen LogP contribution in [0.15, 0.2) is 0 Å². The molecule has 11 heteroatoms. The lowest BCUT2D eigenvalue weighted by Gasteiger charge is -2.34. The van der Waals surface area contributed by atoms with E-state index in [0.29, 0.717) is 23.1 Å². The average molecular weight is 652 g/mol. The largest absolute Gasteiger partial charge is 0.363 e. The molecular weight excluding hydrogens is 587 g/mol. The topological polar surface area (TPSA) is 96.9 Å². The van der Waals surface area contributed by atoms with Crippen molar-refractivity contribution in [2.45, 2.75) is 122 Å². The van der Waals surface area contributed by atoms with Crippen molar-refractivity contribution < 1.29 is 13.0 Å². The van der Waals surface area contributed by atoms with Gasteiger partial charge in [-0.2, -0.15) is 8.42 Å². The number of hydrogen-bond donors (Lipinski definition) is 4. The Bertz CT molecular complexity index is 723. The van der Waals surface area contributed by atoms with Crippen LogP contribution < -0.4 is 16.0 Å². The Hall–Kier alpha value is -0.170. The molecule has 0 radical (unpaired) electrons. The maximum absolute atomic E-state index is 10.7. The summed E-state index contributed by atoms with van der Waals surface area (Å²) in [6.07, 6.45) is 24.5. The van der Waals surface area contributed by atoms with E-state index < -0.39 is 9.15 Å². The molecule has 250 valence electrons. The third-order valence-electron chi connectivity index (χ3n) is 8.06. The van der Waals surface area contributed by atoms with Crippen molar-refractivity contribution in [1.29, 1.82) is 0 Å². The summed E-state index contributed by atoms with van der Waals surface area (Å²) in [6.45, 7) is 12.2. The van der Waals surface area contributed by atoms with Gasteiger partial charge in [-0.1, -0.05) is 103 Å². The Morgan fingerprint density at radius 2 is 1.05 bits per heavy atom. The number of thiocarbonyl (C=S) groups is 1.